The molecule has 11 heteroatoms. The van der Waals surface area contributed by atoms with Crippen molar-refractivity contribution in [3.05, 3.63) is 42.0 Å². The largest absolute Gasteiger partial charge is 0.494 e. The number of carbonyl (C=O) groups excluding carboxylic acids is 1. The number of nitrogens with one attached hydrogen (secondary N) is 1. The third kappa shape index (κ3) is 17.3. The smallest absolute Gasteiger partial charge is 0.337 e. The number of allylic oxidation sites excluding steroid dienone is 1. The lowest BCUT2D eigenvalue weighted by Crippen LogP contribution is -2.55. The van der Waals surface area contributed by atoms with Crippen LogP contribution in [0.15, 0.2) is 36.4 Å². The Kier molecular flexibility index (Phi) is 20.3. The summed E-state index contributed by atoms with van der Waals surface area (Å²) < 4.78 is 5.68. The molecule has 266 valence electrons. The minimum Gasteiger partial charge on any atom is -0.494 e. The first kappa shape index (κ1) is 41.6. The molecule has 0 saturated carbocycles. The second kappa shape index (κ2) is 23.0. The summed E-state index contributed by atoms with van der Waals surface area (Å²) in [5.74, 6) is -6.80. The Hall–Kier alpha value is -3.44. The number of rotatable bonds is 27. The molecule has 0 radical (unpaired) electrons. The van der Waals surface area contributed by atoms with Crippen LogP contribution in [0.25, 0.3) is 0 Å². The highest BCUT2D eigenvalue weighted by Crippen LogP contribution is 2.26. The SMILES string of the molecule is CCCCCCCC(O)CCCCCC/C=C/[C@H](C(=O)N[C@@H](Cc1ccc(OCCC(C)C)cc1)C(=O)O)[C@@](O)(CC(=O)O)C(=O)O. The lowest BCUT2D eigenvalue weighted by molar-refractivity contribution is -0.172. The molecule has 11 nitrogen and oxygen atoms in total. The highest BCUT2D eigenvalue weighted by atomic mass is 16.5. The molecule has 0 aliphatic carbocycles. The van der Waals surface area contributed by atoms with E-state index in [9.17, 15) is 44.7 Å². The number of amides is 1. The Bertz CT molecular complexity index is 1100. The number of carboxylic acids is 3. The summed E-state index contributed by atoms with van der Waals surface area (Å²) in [7, 11) is 0. The van der Waals surface area contributed by atoms with Crippen LogP contribution in [0, 0.1) is 11.8 Å². The van der Waals surface area contributed by atoms with Crippen molar-refractivity contribution in [3.63, 3.8) is 0 Å². The van der Waals surface area contributed by atoms with Crippen molar-refractivity contribution in [3.8, 4) is 5.75 Å². The Morgan fingerprint density at radius 3 is 2.00 bits per heavy atom. The van der Waals surface area contributed by atoms with E-state index in [1.165, 1.54) is 25.3 Å². The van der Waals surface area contributed by atoms with Crippen molar-refractivity contribution in [2.75, 3.05) is 6.61 Å². The summed E-state index contributed by atoms with van der Waals surface area (Å²) in [4.78, 5) is 48.9. The van der Waals surface area contributed by atoms with Crippen molar-refractivity contribution < 1.29 is 49.4 Å². The van der Waals surface area contributed by atoms with Gasteiger partial charge < -0.3 is 35.6 Å². The lowest BCUT2D eigenvalue weighted by atomic mass is 9.82. The van der Waals surface area contributed by atoms with Gasteiger partial charge in [0.15, 0.2) is 5.60 Å². The van der Waals surface area contributed by atoms with Gasteiger partial charge in [0.1, 0.15) is 11.8 Å². The van der Waals surface area contributed by atoms with Crippen molar-refractivity contribution in [2.24, 2.45) is 11.8 Å². The monoisotopic (exact) mass is 663 g/mol. The van der Waals surface area contributed by atoms with Crippen molar-refractivity contribution in [2.45, 2.75) is 135 Å². The Labute approximate surface area is 279 Å². The fourth-order valence-corrected chi connectivity index (χ4v) is 5.20. The van der Waals surface area contributed by atoms with Gasteiger partial charge >= 0.3 is 17.9 Å². The van der Waals surface area contributed by atoms with Crippen LogP contribution in [0.4, 0.5) is 0 Å². The zero-order valence-corrected chi connectivity index (χ0v) is 28.4. The fourth-order valence-electron chi connectivity index (χ4n) is 5.20. The van der Waals surface area contributed by atoms with E-state index in [1.807, 2.05) is 0 Å². The third-order valence-electron chi connectivity index (χ3n) is 8.16. The molecule has 0 fully saturated rings. The van der Waals surface area contributed by atoms with Gasteiger partial charge in [0.05, 0.1) is 25.0 Å². The molecule has 0 aliphatic rings. The minimum absolute atomic E-state index is 0.137. The molecule has 47 heavy (non-hydrogen) atoms. The number of aliphatic hydroxyl groups is 2. The summed E-state index contributed by atoms with van der Waals surface area (Å²) in [5.41, 5.74) is -2.43. The second-order valence-electron chi connectivity index (χ2n) is 12.8. The van der Waals surface area contributed by atoms with Gasteiger partial charge in [-0.3, -0.25) is 9.59 Å². The van der Waals surface area contributed by atoms with Gasteiger partial charge in [-0.2, -0.15) is 0 Å². The molecule has 0 spiro atoms. The number of unbranched alkanes of at least 4 members (excludes halogenated alkanes) is 8. The predicted molar refractivity (Wildman–Crippen MR) is 179 cm³/mol. The van der Waals surface area contributed by atoms with Crippen LogP contribution >= 0.6 is 0 Å². The summed E-state index contributed by atoms with van der Waals surface area (Å²) in [6.45, 7) is 6.87. The number of carboxylic acid groups (broad SMARTS) is 3. The zero-order valence-electron chi connectivity index (χ0n) is 28.4. The highest BCUT2D eigenvalue weighted by Gasteiger charge is 2.49. The van der Waals surface area contributed by atoms with Crippen LogP contribution in [-0.4, -0.2) is 73.7 Å². The molecule has 1 aromatic carbocycles. The number of aliphatic carboxylic acids is 3. The van der Waals surface area contributed by atoms with Crippen LogP contribution in [0.2, 0.25) is 0 Å². The Balaban J connectivity index is 2.82. The molecule has 0 saturated heterocycles. The normalized spacial score (nSPS) is 14.8. The number of ether oxygens (including phenoxy) is 1. The minimum atomic E-state index is -3.00. The van der Waals surface area contributed by atoms with E-state index in [1.54, 1.807) is 24.3 Å². The summed E-state index contributed by atoms with van der Waals surface area (Å²) in [5, 5.41) is 52.3. The number of hydrogen-bond donors (Lipinski definition) is 6. The molecule has 1 aromatic rings. The molecule has 0 heterocycles. The first-order valence-electron chi connectivity index (χ1n) is 17.1. The molecule has 0 aromatic heterocycles. The van der Waals surface area contributed by atoms with Crippen LogP contribution in [0.5, 0.6) is 5.75 Å². The van der Waals surface area contributed by atoms with E-state index in [4.69, 9.17) is 4.74 Å². The average molecular weight is 664 g/mol. The fraction of sp³-hybridized carbons (Fsp3) is 0.667. The standard InChI is InChI=1S/C36H57NO10/c1-4-5-6-9-12-15-28(38)16-13-10-7-8-11-14-17-30(36(46,35(44)45)25-32(39)40)33(41)37-31(34(42)43)24-27-18-20-29(21-19-27)47-23-22-26(2)3/h14,17-21,26,28,30-31,38,46H,4-13,15-16,22-25H2,1-3H3,(H,37,41)(H,39,40)(H,42,43)(H,44,45)/b17-14+/t28?,30-,31+,36+/m1/s1. The Morgan fingerprint density at radius 1 is 0.872 bits per heavy atom. The van der Waals surface area contributed by atoms with Gasteiger partial charge in [0, 0.05) is 6.42 Å². The molecular weight excluding hydrogens is 606 g/mol. The maximum Gasteiger partial charge on any atom is 0.337 e. The molecule has 1 unspecified atom stereocenters. The number of benzene rings is 1. The second-order valence-corrected chi connectivity index (χ2v) is 12.8. The van der Waals surface area contributed by atoms with E-state index in [2.05, 4.69) is 26.1 Å². The van der Waals surface area contributed by atoms with Crippen LogP contribution < -0.4 is 10.1 Å². The van der Waals surface area contributed by atoms with Crippen molar-refractivity contribution >= 4 is 23.8 Å². The van der Waals surface area contributed by atoms with Gasteiger partial charge in [-0.05, 0) is 55.7 Å². The molecule has 0 aliphatic heterocycles. The lowest BCUT2D eigenvalue weighted by Gasteiger charge is -2.29. The van der Waals surface area contributed by atoms with Crippen LogP contribution in [0.3, 0.4) is 0 Å². The van der Waals surface area contributed by atoms with E-state index in [0.717, 1.165) is 57.4 Å². The quantitative estimate of drug-likeness (QED) is 0.0499. The zero-order chi connectivity index (χ0) is 35.2. The molecule has 1 rings (SSSR count). The number of carbonyl (C=O) groups is 4. The Morgan fingerprint density at radius 2 is 1.47 bits per heavy atom. The van der Waals surface area contributed by atoms with Gasteiger partial charge in [-0.1, -0.05) is 96.4 Å². The first-order valence-corrected chi connectivity index (χ1v) is 17.1. The molecular formula is C36H57NO10. The number of hydrogen-bond acceptors (Lipinski definition) is 7. The van der Waals surface area contributed by atoms with Crippen molar-refractivity contribution in [1.29, 1.82) is 0 Å². The summed E-state index contributed by atoms with van der Waals surface area (Å²) in [6, 6.07) is 5.24. The summed E-state index contributed by atoms with van der Waals surface area (Å²) >= 11 is 0. The molecule has 6 N–H and O–H groups in total. The van der Waals surface area contributed by atoms with Crippen molar-refractivity contribution in [1.82, 2.24) is 5.32 Å². The topological polar surface area (TPSA) is 191 Å². The highest BCUT2D eigenvalue weighted by molar-refractivity contribution is 5.94. The maximum absolute atomic E-state index is 13.3. The maximum atomic E-state index is 13.3. The van der Waals surface area contributed by atoms with E-state index in [-0.39, 0.29) is 12.5 Å². The van der Waals surface area contributed by atoms with Crippen LogP contribution in [-0.2, 0) is 25.6 Å². The van der Waals surface area contributed by atoms with Gasteiger partial charge in [0.25, 0.3) is 0 Å². The number of aliphatic hydroxyl groups excluding tert-OH is 1. The first-order chi connectivity index (χ1) is 22.3. The third-order valence-corrected chi connectivity index (χ3v) is 8.16. The van der Waals surface area contributed by atoms with E-state index < -0.39 is 47.8 Å². The average Bonchev–Trinajstić information content (AvgIpc) is 2.99. The summed E-state index contributed by atoms with van der Waals surface area (Å²) in [6.07, 6.45) is 12.8. The van der Waals surface area contributed by atoms with E-state index in [0.29, 0.717) is 36.7 Å². The van der Waals surface area contributed by atoms with E-state index >= 15 is 0 Å². The van der Waals surface area contributed by atoms with Gasteiger partial charge in [-0.25, -0.2) is 9.59 Å². The van der Waals surface area contributed by atoms with Gasteiger partial charge in [-0.15, -0.1) is 0 Å². The van der Waals surface area contributed by atoms with Gasteiger partial charge in [0.2, 0.25) is 5.91 Å². The molecule has 1 amide bonds. The molecule has 0 bridgehead atoms. The predicted octanol–water partition coefficient (Wildman–Crippen LogP) is 5.75. The van der Waals surface area contributed by atoms with Crippen LogP contribution in [0.1, 0.15) is 116 Å². The molecule has 4 atom stereocenters.